The summed E-state index contributed by atoms with van der Waals surface area (Å²) in [6.07, 6.45) is 3.15. The Kier molecular flexibility index (Phi) is 5.07. The van der Waals surface area contributed by atoms with Crippen LogP contribution in [0.2, 0.25) is 0 Å². The van der Waals surface area contributed by atoms with Crippen LogP contribution in [0.1, 0.15) is 16.7 Å². The van der Waals surface area contributed by atoms with Crippen molar-refractivity contribution in [1.82, 2.24) is 9.97 Å². The van der Waals surface area contributed by atoms with Crippen LogP contribution in [-0.4, -0.2) is 23.2 Å². The predicted octanol–water partition coefficient (Wildman–Crippen LogP) is 3.85. The first kappa shape index (κ1) is 18.0. The molecule has 0 spiro atoms. The van der Waals surface area contributed by atoms with Crippen LogP contribution in [0.25, 0.3) is 22.4 Å². The van der Waals surface area contributed by atoms with Gasteiger partial charge >= 0.3 is 0 Å². The number of aliphatic imine (C=N–C) groups is 1. The van der Waals surface area contributed by atoms with Gasteiger partial charge in [0.15, 0.2) is 0 Å². The van der Waals surface area contributed by atoms with Crippen LogP contribution < -0.4 is 5.73 Å². The molecule has 0 radical (unpaired) electrons. The Hall–Kier alpha value is -3.81. The highest BCUT2D eigenvalue weighted by atomic mass is 32.1. The minimum Gasteiger partial charge on any atom is -0.383 e. The molecule has 0 aliphatic rings. The first-order chi connectivity index (χ1) is 13.1. The number of rotatable bonds is 3. The molecule has 0 amide bonds. The molecule has 0 saturated heterocycles. The fourth-order valence-corrected chi connectivity index (χ4v) is 3.05. The number of hydrogen-bond acceptors (Lipinski definition) is 6. The van der Waals surface area contributed by atoms with Gasteiger partial charge in [-0.3, -0.25) is 4.99 Å². The zero-order valence-corrected chi connectivity index (χ0v) is 15.2. The molecular formula is C20H14N6S. The van der Waals surface area contributed by atoms with Gasteiger partial charge in [-0.25, -0.2) is 4.98 Å². The molecule has 0 saturated carbocycles. The molecule has 3 N–H and O–H groups in total. The molecule has 0 aliphatic heterocycles. The number of aromatic amines is 1. The van der Waals surface area contributed by atoms with Crippen molar-refractivity contribution in [3.8, 4) is 34.5 Å². The molecule has 2 heterocycles. The number of hydrogen-bond donors (Lipinski definition) is 2. The van der Waals surface area contributed by atoms with Gasteiger partial charge < -0.3 is 10.7 Å². The van der Waals surface area contributed by atoms with E-state index < -0.39 is 0 Å². The van der Waals surface area contributed by atoms with Crippen molar-refractivity contribution in [3.05, 3.63) is 63.9 Å². The van der Waals surface area contributed by atoms with Gasteiger partial charge in [-0.2, -0.15) is 10.5 Å². The van der Waals surface area contributed by atoms with E-state index in [-0.39, 0.29) is 10.2 Å². The third kappa shape index (κ3) is 3.32. The molecule has 3 aromatic rings. The van der Waals surface area contributed by atoms with Gasteiger partial charge in [-0.15, -0.1) is 0 Å². The van der Waals surface area contributed by atoms with Crippen molar-refractivity contribution in [2.75, 3.05) is 12.8 Å². The molecule has 6 nitrogen and oxygen atoms in total. The van der Waals surface area contributed by atoms with Crippen molar-refractivity contribution in [2.45, 2.75) is 0 Å². The standard InChI is InChI=1S/C20H14N6S/c1-24-10-14-7-13(11-25-19(14)23)18-15(8-21)17(12-5-3-2-4-6-12)16(9-22)20(27)26-18/h2-7,10-11H,1H3,(H2,23,25)(H,26,27). The molecular weight excluding hydrogens is 356 g/mol. The summed E-state index contributed by atoms with van der Waals surface area (Å²) >= 11 is 5.38. The highest BCUT2D eigenvalue weighted by Crippen LogP contribution is 2.34. The Bertz CT molecular complexity index is 1180. The number of pyridine rings is 2. The first-order valence-electron chi connectivity index (χ1n) is 7.94. The summed E-state index contributed by atoms with van der Waals surface area (Å²) in [4.78, 5) is 11.2. The van der Waals surface area contributed by atoms with E-state index in [1.807, 2.05) is 30.3 Å². The number of aromatic nitrogens is 2. The van der Waals surface area contributed by atoms with Crippen LogP contribution in [-0.2, 0) is 0 Å². The van der Waals surface area contributed by atoms with E-state index in [0.29, 0.717) is 33.8 Å². The quantitative estimate of drug-likeness (QED) is 0.537. The Morgan fingerprint density at radius 3 is 2.48 bits per heavy atom. The van der Waals surface area contributed by atoms with Gasteiger partial charge in [-0.05, 0) is 11.6 Å². The average Bonchev–Trinajstić information content (AvgIpc) is 2.69. The fraction of sp³-hybridized carbons (Fsp3) is 0.0500. The summed E-state index contributed by atoms with van der Waals surface area (Å²) in [6.45, 7) is 0. The Morgan fingerprint density at radius 2 is 1.85 bits per heavy atom. The number of benzene rings is 1. The summed E-state index contributed by atoms with van der Waals surface area (Å²) in [7, 11) is 1.63. The van der Waals surface area contributed by atoms with Gasteiger partial charge in [0.25, 0.3) is 0 Å². The van der Waals surface area contributed by atoms with E-state index >= 15 is 0 Å². The average molecular weight is 370 g/mol. The summed E-state index contributed by atoms with van der Waals surface area (Å²) in [5, 5.41) is 19.5. The number of H-pyrrole nitrogens is 1. The highest BCUT2D eigenvalue weighted by Gasteiger charge is 2.19. The number of nitrogen functional groups attached to an aromatic ring is 1. The lowest BCUT2D eigenvalue weighted by Gasteiger charge is -2.13. The van der Waals surface area contributed by atoms with Crippen LogP contribution >= 0.6 is 12.2 Å². The maximum atomic E-state index is 9.88. The summed E-state index contributed by atoms with van der Waals surface area (Å²) < 4.78 is 0.257. The van der Waals surface area contributed by atoms with Crippen molar-refractivity contribution < 1.29 is 0 Å². The monoisotopic (exact) mass is 370 g/mol. The van der Waals surface area contributed by atoms with Crippen LogP contribution in [0.4, 0.5) is 5.82 Å². The summed E-state index contributed by atoms with van der Waals surface area (Å²) in [5.41, 5.74) is 9.44. The van der Waals surface area contributed by atoms with E-state index in [0.717, 1.165) is 5.56 Å². The SMILES string of the molecule is CN=Cc1cc(-c2[nH]c(=S)c(C#N)c(-c3ccccc3)c2C#N)cnc1N. The van der Waals surface area contributed by atoms with Crippen molar-refractivity contribution in [2.24, 2.45) is 4.99 Å². The maximum Gasteiger partial charge on any atom is 0.132 e. The largest absolute Gasteiger partial charge is 0.383 e. The molecule has 0 fully saturated rings. The lowest BCUT2D eigenvalue weighted by molar-refractivity contribution is 1.23. The zero-order chi connectivity index (χ0) is 19.4. The van der Waals surface area contributed by atoms with Crippen LogP contribution in [0.15, 0.2) is 47.6 Å². The van der Waals surface area contributed by atoms with Crippen molar-refractivity contribution >= 4 is 24.3 Å². The molecule has 0 atom stereocenters. The number of nitriles is 2. The Morgan fingerprint density at radius 1 is 1.15 bits per heavy atom. The topological polar surface area (TPSA) is 115 Å². The maximum absolute atomic E-state index is 9.88. The third-order valence-electron chi connectivity index (χ3n) is 4.01. The molecule has 7 heteroatoms. The van der Waals surface area contributed by atoms with Gasteiger partial charge in [0, 0.05) is 36.1 Å². The molecule has 1 aromatic carbocycles. The minimum atomic E-state index is 0.257. The van der Waals surface area contributed by atoms with Gasteiger partial charge in [-0.1, -0.05) is 42.5 Å². The van der Waals surface area contributed by atoms with E-state index in [1.165, 1.54) is 0 Å². The molecule has 3 rings (SSSR count). The highest BCUT2D eigenvalue weighted by molar-refractivity contribution is 7.71. The molecule has 0 unspecified atom stereocenters. The minimum absolute atomic E-state index is 0.257. The Balaban J connectivity index is 2.39. The van der Waals surface area contributed by atoms with E-state index in [4.69, 9.17) is 18.0 Å². The lowest BCUT2D eigenvalue weighted by atomic mass is 9.93. The van der Waals surface area contributed by atoms with Gasteiger partial charge in [0.1, 0.15) is 22.6 Å². The predicted molar refractivity (Wildman–Crippen MR) is 108 cm³/mol. The normalized spacial score (nSPS) is 10.5. The van der Waals surface area contributed by atoms with E-state index in [2.05, 4.69) is 27.1 Å². The van der Waals surface area contributed by atoms with Crippen LogP contribution in [0.3, 0.4) is 0 Å². The second-order valence-corrected chi connectivity index (χ2v) is 6.04. The third-order valence-corrected chi connectivity index (χ3v) is 4.31. The van der Waals surface area contributed by atoms with Gasteiger partial charge in [0.2, 0.25) is 0 Å². The number of nitrogens with zero attached hydrogens (tertiary/aromatic N) is 4. The van der Waals surface area contributed by atoms with Crippen molar-refractivity contribution in [1.29, 1.82) is 10.5 Å². The molecule has 0 aliphatic carbocycles. The Labute approximate surface area is 161 Å². The molecule has 0 bridgehead atoms. The number of nitrogens with one attached hydrogen (secondary N) is 1. The summed E-state index contributed by atoms with van der Waals surface area (Å²) in [6, 6.07) is 15.3. The lowest BCUT2D eigenvalue weighted by Crippen LogP contribution is -2.02. The first-order valence-corrected chi connectivity index (χ1v) is 8.35. The smallest absolute Gasteiger partial charge is 0.132 e. The number of anilines is 1. The van der Waals surface area contributed by atoms with Gasteiger partial charge in [0.05, 0.1) is 16.8 Å². The fourth-order valence-electron chi connectivity index (χ4n) is 2.80. The molecule has 2 aromatic heterocycles. The zero-order valence-electron chi connectivity index (χ0n) is 14.4. The van der Waals surface area contributed by atoms with Crippen LogP contribution in [0, 0.1) is 27.3 Å². The second kappa shape index (κ2) is 7.61. The second-order valence-electron chi connectivity index (χ2n) is 5.63. The summed E-state index contributed by atoms with van der Waals surface area (Å²) in [5.74, 6) is 0.332. The van der Waals surface area contributed by atoms with Crippen molar-refractivity contribution in [3.63, 3.8) is 0 Å². The van der Waals surface area contributed by atoms with Crippen LogP contribution in [0.5, 0.6) is 0 Å². The van der Waals surface area contributed by atoms with E-state index in [1.54, 1.807) is 25.5 Å². The van der Waals surface area contributed by atoms with E-state index in [9.17, 15) is 10.5 Å². The molecule has 27 heavy (non-hydrogen) atoms. The number of nitrogens with two attached hydrogens (primary N) is 1. The molecule has 130 valence electrons.